The molecule has 20 heavy (non-hydrogen) atoms. The van der Waals surface area contributed by atoms with Gasteiger partial charge in [0.1, 0.15) is 5.78 Å². The van der Waals surface area contributed by atoms with Gasteiger partial charge < -0.3 is 0 Å². The maximum Gasteiger partial charge on any atom is 0.137 e. The predicted octanol–water partition coefficient (Wildman–Crippen LogP) is 6.09. The molecule has 0 aromatic heterocycles. The highest BCUT2D eigenvalue weighted by molar-refractivity contribution is 5.79. The van der Waals surface area contributed by atoms with Crippen molar-refractivity contribution in [2.45, 2.75) is 86.0 Å². The van der Waals surface area contributed by atoms with Gasteiger partial charge in [0.15, 0.2) is 0 Å². The summed E-state index contributed by atoms with van der Waals surface area (Å²) in [5.74, 6) is 1.97. The van der Waals surface area contributed by atoms with Crippen molar-refractivity contribution in [1.82, 2.24) is 0 Å². The Balaban J connectivity index is 3.76. The third-order valence-electron chi connectivity index (χ3n) is 3.80. The first-order chi connectivity index (χ1) is 9.45. The molecule has 116 valence electrons. The summed E-state index contributed by atoms with van der Waals surface area (Å²) in [6.45, 7) is 11.0. The Morgan fingerprint density at radius 2 is 1.75 bits per heavy atom. The van der Waals surface area contributed by atoms with Crippen LogP contribution in [0.25, 0.3) is 0 Å². The van der Waals surface area contributed by atoms with Gasteiger partial charge in [0.2, 0.25) is 0 Å². The highest BCUT2D eigenvalue weighted by Gasteiger charge is 2.03. The van der Waals surface area contributed by atoms with E-state index in [0.29, 0.717) is 18.6 Å². The maximum atomic E-state index is 11.2. The lowest BCUT2D eigenvalue weighted by molar-refractivity contribution is -0.117. The molecular weight excluding hydrogens is 244 g/mol. The highest BCUT2D eigenvalue weighted by atomic mass is 16.1. The fraction of sp³-hybridized carbons (Fsp3) is 0.789. The molecular formula is C19H34O. The second-order valence-corrected chi connectivity index (χ2v) is 6.55. The van der Waals surface area contributed by atoms with E-state index in [1.165, 1.54) is 37.7 Å². The summed E-state index contributed by atoms with van der Waals surface area (Å²) in [5, 5.41) is 0. The molecule has 0 bridgehead atoms. The van der Waals surface area contributed by atoms with Crippen molar-refractivity contribution < 1.29 is 4.79 Å². The van der Waals surface area contributed by atoms with Crippen molar-refractivity contribution in [3.05, 3.63) is 17.4 Å². The van der Waals surface area contributed by atoms with Crippen molar-refractivity contribution in [3.63, 3.8) is 0 Å². The van der Waals surface area contributed by atoms with Crippen molar-refractivity contribution in [1.29, 1.82) is 0 Å². The lowest BCUT2D eigenvalue weighted by Gasteiger charge is -2.11. The van der Waals surface area contributed by atoms with Crippen LogP contribution in [0.4, 0.5) is 0 Å². The van der Waals surface area contributed by atoms with Gasteiger partial charge in [-0.2, -0.15) is 0 Å². The Labute approximate surface area is 126 Å². The quantitative estimate of drug-likeness (QED) is 0.418. The minimum absolute atomic E-state index is 0.295. The van der Waals surface area contributed by atoms with Crippen LogP contribution in [0.1, 0.15) is 86.0 Å². The van der Waals surface area contributed by atoms with E-state index >= 15 is 0 Å². The van der Waals surface area contributed by atoms with Gasteiger partial charge in [0, 0.05) is 12.8 Å². The van der Waals surface area contributed by atoms with Crippen LogP contribution in [0.3, 0.4) is 0 Å². The maximum absolute atomic E-state index is 11.2. The molecule has 0 aromatic carbocycles. The van der Waals surface area contributed by atoms with Gasteiger partial charge in [0.25, 0.3) is 0 Å². The number of ketones is 1. The van der Waals surface area contributed by atoms with E-state index in [0.717, 1.165) is 18.3 Å². The number of hydrogen-bond donors (Lipinski definition) is 0. The second-order valence-electron chi connectivity index (χ2n) is 6.55. The molecule has 1 heteroatoms. The summed E-state index contributed by atoms with van der Waals surface area (Å²) in [6, 6.07) is 0. The topological polar surface area (TPSA) is 17.1 Å². The summed E-state index contributed by atoms with van der Waals surface area (Å²) in [4.78, 5) is 11.2. The molecule has 0 N–H and O–H groups in total. The first-order valence-corrected chi connectivity index (χ1v) is 8.38. The predicted molar refractivity (Wildman–Crippen MR) is 88.9 cm³/mol. The van der Waals surface area contributed by atoms with Gasteiger partial charge in [-0.05, 0) is 43.3 Å². The van der Waals surface area contributed by atoms with Crippen LogP contribution in [0.5, 0.6) is 0 Å². The number of Topliss-reactive ketones (excluding diaryl/α,β-unsaturated/α-hetero) is 1. The van der Waals surface area contributed by atoms with Crippen LogP contribution in [0.15, 0.2) is 17.4 Å². The molecule has 0 aromatic rings. The minimum Gasteiger partial charge on any atom is -0.299 e. The SMILES string of the molecule is CCC(=O)CC=C=C(C)CCCC(C)CCCC(C)C. The molecule has 0 saturated carbocycles. The minimum atomic E-state index is 0.295. The van der Waals surface area contributed by atoms with Crippen LogP contribution in [0.2, 0.25) is 0 Å². The molecule has 0 fully saturated rings. The van der Waals surface area contributed by atoms with Crippen LogP contribution in [0, 0.1) is 11.8 Å². The molecule has 0 rings (SSSR count). The van der Waals surface area contributed by atoms with Crippen LogP contribution >= 0.6 is 0 Å². The van der Waals surface area contributed by atoms with Crippen LogP contribution in [-0.2, 0) is 4.79 Å². The van der Waals surface area contributed by atoms with E-state index in [9.17, 15) is 4.79 Å². The summed E-state index contributed by atoms with van der Waals surface area (Å²) < 4.78 is 0. The Bertz CT molecular complexity index is 319. The normalized spacial score (nSPS) is 12.1. The standard InChI is InChI=1S/C19H34O/c1-6-19(20)15-9-14-18(5)13-8-12-17(4)11-7-10-16(2)3/h9,16-17H,6-8,10-13,15H2,1-5H3. The molecule has 0 aliphatic rings. The van der Waals surface area contributed by atoms with Crippen molar-refractivity contribution in [2.24, 2.45) is 11.8 Å². The van der Waals surface area contributed by atoms with Crippen molar-refractivity contribution >= 4 is 5.78 Å². The van der Waals surface area contributed by atoms with Crippen molar-refractivity contribution in [2.75, 3.05) is 0 Å². The van der Waals surface area contributed by atoms with Crippen molar-refractivity contribution in [3.8, 4) is 0 Å². The first kappa shape index (κ1) is 19.2. The summed E-state index contributed by atoms with van der Waals surface area (Å²) >= 11 is 0. The van der Waals surface area contributed by atoms with E-state index in [1.807, 2.05) is 13.0 Å². The average molecular weight is 278 g/mol. The summed E-state index contributed by atoms with van der Waals surface area (Å²) in [5.41, 5.74) is 4.53. The largest absolute Gasteiger partial charge is 0.299 e. The average Bonchev–Trinajstić information content (AvgIpc) is 2.38. The van der Waals surface area contributed by atoms with Gasteiger partial charge in [-0.25, -0.2) is 0 Å². The Hall–Kier alpha value is -0.810. The summed E-state index contributed by atoms with van der Waals surface area (Å²) in [6.07, 6.45) is 10.8. The zero-order chi connectivity index (χ0) is 15.4. The molecule has 0 aliphatic carbocycles. The molecule has 0 saturated heterocycles. The molecule has 0 amide bonds. The number of rotatable bonds is 11. The van der Waals surface area contributed by atoms with Gasteiger partial charge in [-0.1, -0.05) is 53.4 Å². The Kier molecular flexibility index (Phi) is 11.5. The molecule has 1 atom stereocenters. The van der Waals surface area contributed by atoms with E-state index in [2.05, 4.69) is 33.4 Å². The number of carbonyl (C=O) groups is 1. The van der Waals surface area contributed by atoms with E-state index in [-0.39, 0.29) is 0 Å². The molecule has 0 radical (unpaired) electrons. The van der Waals surface area contributed by atoms with E-state index < -0.39 is 0 Å². The number of allylic oxidation sites excluding steroid dienone is 1. The fourth-order valence-corrected chi connectivity index (χ4v) is 2.29. The molecule has 1 nitrogen and oxygen atoms in total. The third-order valence-corrected chi connectivity index (χ3v) is 3.80. The van der Waals surface area contributed by atoms with Gasteiger partial charge in [-0.3, -0.25) is 4.79 Å². The van der Waals surface area contributed by atoms with Crippen LogP contribution < -0.4 is 0 Å². The zero-order valence-corrected chi connectivity index (χ0v) is 14.3. The smallest absolute Gasteiger partial charge is 0.137 e. The Morgan fingerprint density at radius 3 is 2.35 bits per heavy atom. The molecule has 0 heterocycles. The van der Waals surface area contributed by atoms with Crippen LogP contribution in [-0.4, -0.2) is 5.78 Å². The molecule has 0 spiro atoms. The van der Waals surface area contributed by atoms with E-state index in [1.54, 1.807) is 0 Å². The number of carbonyl (C=O) groups excluding carboxylic acids is 1. The number of hydrogen-bond acceptors (Lipinski definition) is 1. The lowest BCUT2D eigenvalue weighted by Crippen LogP contribution is -1.97. The second kappa shape index (κ2) is 12.0. The lowest BCUT2D eigenvalue weighted by atomic mass is 9.95. The van der Waals surface area contributed by atoms with Gasteiger partial charge in [0.05, 0.1) is 0 Å². The highest BCUT2D eigenvalue weighted by Crippen LogP contribution is 2.18. The summed E-state index contributed by atoms with van der Waals surface area (Å²) in [7, 11) is 0. The zero-order valence-electron chi connectivity index (χ0n) is 14.3. The molecule has 0 aliphatic heterocycles. The van der Waals surface area contributed by atoms with Gasteiger partial charge >= 0.3 is 0 Å². The fourth-order valence-electron chi connectivity index (χ4n) is 2.29. The first-order valence-electron chi connectivity index (χ1n) is 8.38. The molecule has 1 unspecified atom stereocenters. The monoisotopic (exact) mass is 278 g/mol. The Morgan fingerprint density at radius 1 is 1.10 bits per heavy atom. The third kappa shape index (κ3) is 12.2. The van der Waals surface area contributed by atoms with E-state index in [4.69, 9.17) is 0 Å². The van der Waals surface area contributed by atoms with Gasteiger partial charge in [-0.15, -0.1) is 5.73 Å².